The highest BCUT2D eigenvalue weighted by Crippen LogP contribution is 2.24. The van der Waals surface area contributed by atoms with Gasteiger partial charge in [0.05, 0.1) is 11.3 Å². The zero-order valence-electron chi connectivity index (χ0n) is 12.3. The summed E-state index contributed by atoms with van der Waals surface area (Å²) in [6.45, 7) is 4.43. The predicted octanol–water partition coefficient (Wildman–Crippen LogP) is 2.78. The largest absolute Gasteiger partial charge is 0.384 e. The third-order valence-corrected chi connectivity index (χ3v) is 4.21. The van der Waals surface area contributed by atoms with E-state index in [1.165, 1.54) is 0 Å². The maximum atomic E-state index is 7.80. The zero-order chi connectivity index (χ0) is 15.6. The Labute approximate surface area is 132 Å². The first-order valence-electron chi connectivity index (χ1n) is 6.54. The average molecular weight is 348 g/mol. The van der Waals surface area contributed by atoms with Crippen LogP contribution in [0.1, 0.15) is 22.4 Å². The van der Waals surface area contributed by atoms with Crippen LogP contribution in [0.2, 0.25) is 0 Å². The van der Waals surface area contributed by atoms with Gasteiger partial charge in [0.1, 0.15) is 5.84 Å². The molecule has 0 fully saturated rings. The van der Waals surface area contributed by atoms with Crippen LogP contribution in [-0.2, 0) is 6.54 Å². The molecule has 0 bridgehead atoms. The highest BCUT2D eigenvalue weighted by molar-refractivity contribution is 9.10. The lowest BCUT2D eigenvalue weighted by Gasteiger charge is -2.22. The van der Waals surface area contributed by atoms with Crippen molar-refractivity contribution in [3.63, 3.8) is 0 Å². The molecule has 0 atom stereocenters. The number of nitrogens with zero attached hydrogens (tertiary/aromatic N) is 3. The summed E-state index contributed by atoms with van der Waals surface area (Å²) in [7, 11) is 1.92. The number of nitrogen functional groups attached to an aromatic ring is 1. The minimum atomic E-state index is 0.0134. The minimum Gasteiger partial charge on any atom is -0.384 e. The van der Waals surface area contributed by atoms with Gasteiger partial charge >= 0.3 is 0 Å². The molecule has 0 amide bonds. The van der Waals surface area contributed by atoms with Crippen molar-refractivity contribution in [1.29, 1.82) is 5.41 Å². The third-order valence-electron chi connectivity index (χ3n) is 3.43. The van der Waals surface area contributed by atoms with Gasteiger partial charge in [0, 0.05) is 18.1 Å². The van der Waals surface area contributed by atoms with Crippen molar-refractivity contribution in [2.45, 2.75) is 20.4 Å². The van der Waals surface area contributed by atoms with E-state index in [2.05, 4.69) is 26.1 Å². The van der Waals surface area contributed by atoms with Gasteiger partial charge in [0.2, 0.25) is 0 Å². The summed E-state index contributed by atoms with van der Waals surface area (Å²) in [5.41, 5.74) is 9.19. The number of anilines is 1. The SMILES string of the molecule is Cc1nnc(N(C)Cc2ccccc2Br)c(C(=N)N)c1C. The monoisotopic (exact) mass is 347 g/mol. The van der Waals surface area contributed by atoms with Gasteiger partial charge < -0.3 is 10.6 Å². The number of nitrogens with two attached hydrogens (primary N) is 1. The second-order valence-electron chi connectivity index (χ2n) is 4.97. The molecule has 110 valence electrons. The molecule has 0 aliphatic heterocycles. The van der Waals surface area contributed by atoms with E-state index in [4.69, 9.17) is 11.1 Å². The van der Waals surface area contributed by atoms with E-state index < -0.39 is 0 Å². The molecule has 5 nitrogen and oxygen atoms in total. The Balaban J connectivity index is 2.40. The number of rotatable bonds is 4. The molecule has 1 aromatic heterocycles. The Hall–Kier alpha value is -1.95. The highest BCUT2D eigenvalue weighted by atomic mass is 79.9. The van der Waals surface area contributed by atoms with E-state index in [9.17, 15) is 0 Å². The molecule has 0 aliphatic carbocycles. The molecule has 1 aromatic carbocycles. The van der Waals surface area contributed by atoms with Crippen LogP contribution in [0.25, 0.3) is 0 Å². The lowest BCUT2D eigenvalue weighted by molar-refractivity contribution is 0.845. The number of halogens is 1. The van der Waals surface area contributed by atoms with Gasteiger partial charge in [-0.15, -0.1) is 5.10 Å². The number of benzene rings is 1. The van der Waals surface area contributed by atoms with Gasteiger partial charge in [-0.3, -0.25) is 5.41 Å². The number of aryl methyl sites for hydroxylation is 1. The Morgan fingerprint density at radius 1 is 1.29 bits per heavy atom. The molecule has 21 heavy (non-hydrogen) atoms. The standard InChI is InChI=1S/C15H18BrN5/c1-9-10(2)19-20-15(13(9)14(17)18)21(3)8-11-6-4-5-7-12(11)16/h4-7H,8H2,1-3H3,(H3,17,18). The molecular weight excluding hydrogens is 330 g/mol. The number of aromatic nitrogens is 2. The normalized spacial score (nSPS) is 10.5. The van der Waals surface area contributed by atoms with Crippen molar-refractivity contribution in [2.75, 3.05) is 11.9 Å². The smallest absolute Gasteiger partial charge is 0.162 e. The zero-order valence-corrected chi connectivity index (χ0v) is 13.9. The van der Waals surface area contributed by atoms with Gasteiger partial charge in [-0.1, -0.05) is 34.1 Å². The van der Waals surface area contributed by atoms with E-state index in [0.717, 1.165) is 21.3 Å². The van der Waals surface area contributed by atoms with Crippen molar-refractivity contribution in [3.05, 3.63) is 51.1 Å². The average Bonchev–Trinajstić information content (AvgIpc) is 2.43. The fourth-order valence-electron chi connectivity index (χ4n) is 2.14. The first-order valence-corrected chi connectivity index (χ1v) is 7.34. The maximum absolute atomic E-state index is 7.80. The predicted molar refractivity (Wildman–Crippen MR) is 88.8 cm³/mol. The summed E-state index contributed by atoms with van der Waals surface area (Å²) in [6.07, 6.45) is 0. The van der Waals surface area contributed by atoms with Crippen molar-refractivity contribution in [1.82, 2.24) is 10.2 Å². The van der Waals surface area contributed by atoms with Crippen LogP contribution in [0.3, 0.4) is 0 Å². The summed E-state index contributed by atoms with van der Waals surface area (Å²) in [4.78, 5) is 1.95. The molecule has 2 aromatic rings. The number of hydrogen-bond acceptors (Lipinski definition) is 4. The van der Waals surface area contributed by atoms with E-state index >= 15 is 0 Å². The number of hydrogen-bond donors (Lipinski definition) is 2. The van der Waals surface area contributed by atoms with Crippen molar-refractivity contribution in [3.8, 4) is 0 Å². The molecule has 0 radical (unpaired) electrons. The molecule has 3 N–H and O–H groups in total. The fraction of sp³-hybridized carbons (Fsp3) is 0.267. The fourth-order valence-corrected chi connectivity index (χ4v) is 2.55. The van der Waals surface area contributed by atoms with Crippen LogP contribution >= 0.6 is 15.9 Å². The number of nitrogens with one attached hydrogen (secondary N) is 1. The van der Waals surface area contributed by atoms with Crippen LogP contribution in [0.4, 0.5) is 5.82 Å². The van der Waals surface area contributed by atoms with Gasteiger partial charge in [0.15, 0.2) is 5.82 Å². The molecule has 0 aliphatic rings. The number of amidine groups is 1. The first-order chi connectivity index (χ1) is 9.91. The lowest BCUT2D eigenvalue weighted by atomic mass is 10.1. The van der Waals surface area contributed by atoms with Crippen molar-refractivity contribution in [2.24, 2.45) is 5.73 Å². The van der Waals surface area contributed by atoms with E-state index in [0.29, 0.717) is 17.9 Å². The van der Waals surface area contributed by atoms with Gasteiger partial charge in [-0.05, 0) is 31.0 Å². The minimum absolute atomic E-state index is 0.0134. The first kappa shape index (κ1) is 15.4. The van der Waals surface area contributed by atoms with Crippen molar-refractivity contribution >= 4 is 27.6 Å². The molecule has 6 heteroatoms. The van der Waals surface area contributed by atoms with Crippen LogP contribution < -0.4 is 10.6 Å². The van der Waals surface area contributed by atoms with E-state index in [-0.39, 0.29) is 5.84 Å². The third kappa shape index (κ3) is 3.21. The van der Waals surface area contributed by atoms with Gasteiger partial charge in [-0.2, -0.15) is 5.10 Å². The quantitative estimate of drug-likeness (QED) is 0.658. The molecule has 0 saturated heterocycles. The van der Waals surface area contributed by atoms with Gasteiger partial charge in [-0.25, -0.2) is 0 Å². The van der Waals surface area contributed by atoms with E-state index in [1.54, 1.807) is 0 Å². The van der Waals surface area contributed by atoms with Crippen molar-refractivity contribution < 1.29 is 0 Å². The topological polar surface area (TPSA) is 78.9 Å². The van der Waals surface area contributed by atoms with Crippen LogP contribution in [0.5, 0.6) is 0 Å². The highest BCUT2D eigenvalue weighted by Gasteiger charge is 2.17. The molecular formula is C15H18BrN5. The summed E-state index contributed by atoms with van der Waals surface area (Å²) in [5.74, 6) is 0.640. The Morgan fingerprint density at radius 2 is 1.95 bits per heavy atom. The molecule has 1 heterocycles. The summed E-state index contributed by atoms with van der Waals surface area (Å²) in [5, 5.41) is 16.2. The second-order valence-corrected chi connectivity index (χ2v) is 5.82. The Morgan fingerprint density at radius 3 is 2.57 bits per heavy atom. The molecule has 0 unspecified atom stereocenters. The Kier molecular flexibility index (Phi) is 4.57. The van der Waals surface area contributed by atoms with E-state index in [1.807, 2.05) is 50.1 Å². The van der Waals surface area contributed by atoms with Crippen LogP contribution in [-0.4, -0.2) is 23.1 Å². The summed E-state index contributed by atoms with van der Waals surface area (Å²) in [6, 6.07) is 8.01. The summed E-state index contributed by atoms with van der Waals surface area (Å²) >= 11 is 3.54. The van der Waals surface area contributed by atoms with Crippen LogP contribution in [0.15, 0.2) is 28.7 Å². The summed E-state index contributed by atoms with van der Waals surface area (Å²) < 4.78 is 1.04. The second kappa shape index (κ2) is 6.22. The molecule has 2 rings (SSSR count). The van der Waals surface area contributed by atoms with Gasteiger partial charge in [0.25, 0.3) is 0 Å². The molecule has 0 spiro atoms. The lowest BCUT2D eigenvalue weighted by Crippen LogP contribution is -2.25. The Bertz CT molecular complexity index is 684. The van der Waals surface area contributed by atoms with Crippen LogP contribution in [0, 0.1) is 19.3 Å². The maximum Gasteiger partial charge on any atom is 0.162 e. The molecule has 0 saturated carbocycles.